The van der Waals surface area contributed by atoms with Crippen LogP contribution in [-0.4, -0.2) is 38.8 Å². The van der Waals surface area contributed by atoms with Gasteiger partial charge in [0.05, 0.1) is 12.1 Å². The van der Waals surface area contributed by atoms with Crippen LogP contribution in [0.4, 0.5) is 8.78 Å². The van der Waals surface area contributed by atoms with Gasteiger partial charge in [-0.2, -0.15) is 0 Å². The highest BCUT2D eigenvalue weighted by Gasteiger charge is 2.35. The van der Waals surface area contributed by atoms with Gasteiger partial charge in [-0.15, -0.1) is 0 Å². The molecule has 0 saturated heterocycles. The Hall–Kier alpha value is -4.38. The Kier molecular flexibility index (Phi) is 7.96. The first kappa shape index (κ1) is 26.7. The predicted octanol–water partition coefficient (Wildman–Crippen LogP) is 2.83. The van der Waals surface area contributed by atoms with Crippen LogP contribution in [0.5, 0.6) is 5.75 Å². The summed E-state index contributed by atoms with van der Waals surface area (Å²) in [5, 5.41) is 14.6. The van der Waals surface area contributed by atoms with Crippen LogP contribution in [0.1, 0.15) is 57.9 Å². The molecule has 2 amide bonds. The minimum atomic E-state index is -0.974. The zero-order valence-electron chi connectivity index (χ0n) is 20.5. The lowest BCUT2D eigenvalue weighted by atomic mass is 10.0. The summed E-state index contributed by atoms with van der Waals surface area (Å²) in [5.41, 5.74) is 2.73. The van der Waals surface area contributed by atoms with Crippen molar-refractivity contribution in [3.63, 3.8) is 0 Å². The van der Waals surface area contributed by atoms with Crippen molar-refractivity contribution in [1.82, 2.24) is 20.3 Å². The van der Waals surface area contributed by atoms with Gasteiger partial charge in [0.1, 0.15) is 17.8 Å². The number of fused-ring (bicyclic) bond motifs is 1. The smallest absolute Gasteiger partial charge is 0.289 e. The van der Waals surface area contributed by atoms with Gasteiger partial charge in [-0.25, -0.2) is 14.2 Å². The Bertz CT molecular complexity index is 1420. The molecule has 0 bridgehead atoms. The van der Waals surface area contributed by atoms with Crippen LogP contribution < -0.4 is 16.2 Å². The number of hydrogen-bond acceptors (Lipinski definition) is 6. The molecule has 11 heteroatoms. The third-order valence-corrected chi connectivity index (χ3v) is 6.20. The highest BCUT2D eigenvalue weighted by molar-refractivity contribution is 5.99. The summed E-state index contributed by atoms with van der Waals surface area (Å²) in [6.45, 7) is 1.56. The predicted molar refractivity (Wildman–Crippen MR) is 133 cm³/mol. The van der Waals surface area contributed by atoms with E-state index in [0.717, 1.165) is 0 Å². The van der Waals surface area contributed by atoms with Gasteiger partial charge in [-0.3, -0.25) is 24.2 Å². The van der Waals surface area contributed by atoms with Gasteiger partial charge in [0, 0.05) is 32.5 Å². The van der Waals surface area contributed by atoms with Crippen molar-refractivity contribution in [2.45, 2.75) is 38.9 Å². The highest BCUT2D eigenvalue weighted by Crippen LogP contribution is 2.27. The molecule has 198 valence electrons. The number of aryl methyl sites for hydroxylation is 1. The molecule has 3 N–H and O–H groups in total. The molecule has 1 atom stereocenters. The Labute approximate surface area is 216 Å². The van der Waals surface area contributed by atoms with Crippen LogP contribution in [0, 0.1) is 11.6 Å². The number of Topliss-reactive ketones (excluding diaryl/α,β-unsaturated/α-hetero) is 1. The van der Waals surface area contributed by atoms with Crippen LogP contribution in [0.15, 0.2) is 59.5 Å². The van der Waals surface area contributed by atoms with E-state index in [9.17, 15) is 33.1 Å². The zero-order chi connectivity index (χ0) is 27.4. The van der Waals surface area contributed by atoms with Crippen LogP contribution in [-0.2, 0) is 17.8 Å². The Morgan fingerprint density at radius 2 is 1.61 bits per heavy atom. The molecular weight excluding hydrogens is 498 g/mol. The molecule has 38 heavy (non-hydrogen) atoms. The zero-order valence-corrected chi connectivity index (χ0v) is 20.5. The number of carbonyl (C=O) groups excluding carboxylic acids is 3. The number of aromatic nitrogens is 1. The fraction of sp³-hybridized carbons (Fsp3) is 0.259. The van der Waals surface area contributed by atoms with Crippen LogP contribution in [0.2, 0.25) is 0 Å². The summed E-state index contributed by atoms with van der Waals surface area (Å²) in [6, 6.07) is 11.1. The second kappa shape index (κ2) is 11.3. The molecule has 0 radical (unpaired) electrons. The van der Waals surface area contributed by atoms with E-state index in [2.05, 4.69) is 10.7 Å². The Morgan fingerprint density at radius 1 is 1.00 bits per heavy atom. The van der Waals surface area contributed by atoms with Crippen molar-refractivity contribution < 1.29 is 28.3 Å². The Morgan fingerprint density at radius 3 is 2.21 bits per heavy atom. The number of pyridine rings is 1. The summed E-state index contributed by atoms with van der Waals surface area (Å²) in [6.07, 6.45) is 0.934. The third-order valence-electron chi connectivity index (χ3n) is 6.20. The third kappa shape index (κ3) is 5.94. The van der Waals surface area contributed by atoms with Crippen molar-refractivity contribution in [3.05, 3.63) is 99.0 Å². The minimum Gasteiger partial charge on any atom is -0.503 e. The van der Waals surface area contributed by atoms with E-state index in [1.165, 1.54) is 71.2 Å². The summed E-state index contributed by atoms with van der Waals surface area (Å²) < 4.78 is 27.8. The number of ketones is 1. The topological polar surface area (TPSA) is 121 Å². The van der Waals surface area contributed by atoms with Gasteiger partial charge < -0.3 is 15.0 Å². The molecule has 0 aliphatic carbocycles. The van der Waals surface area contributed by atoms with Gasteiger partial charge in [0.2, 0.25) is 11.3 Å². The monoisotopic (exact) mass is 524 g/mol. The first-order valence-electron chi connectivity index (χ1n) is 12.0. The Balaban J connectivity index is 1.65. The van der Waals surface area contributed by atoms with Crippen LogP contribution in [0.3, 0.4) is 0 Å². The minimum absolute atomic E-state index is 0.00172. The molecule has 3 aromatic rings. The van der Waals surface area contributed by atoms with E-state index in [1.807, 2.05) is 0 Å². The first-order valence-corrected chi connectivity index (χ1v) is 12.0. The summed E-state index contributed by atoms with van der Waals surface area (Å²) in [4.78, 5) is 50.6. The molecule has 1 unspecified atom stereocenters. The average molecular weight is 525 g/mol. The second-order valence-electron chi connectivity index (χ2n) is 8.96. The van der Waals surface area contributed by atoms with E-state index < -0.39 is 40.7 Å². The van der Waals surface area contributed by atoms with Gasteiger partial charge in [-0.05, 0) is 41.8 Å². The standard InChI is InChI=1S/C27H26F2N4O5/c1-16(34)30-13-12-23-31-33(14-18-4-9-20(29)10-5-18)27(38)24-26(37)25(36)21(15-32(23)24)22(35)11-6-17-2-7-19(28)8-3-17/h2-5,7-10,15,23,31,37H,6,11-14H2,1H3,(H,30,34). The fourth-order valence-corrected chi connectivity index (χ4v) is 4.23. The van der Waals surface area contributed by atoms with Gasteiger partial charge in [0.25, 0.3) is 5.91 Å². The lowest BCUT2D eigenvalue weighted by molar-refractivity contribution is -0.119. The van der Waals surface area contributed by atoms with E-state index in [-0.39, 0.29) is 49.5 Å². The van der Waals surface area contributed by atoms with Crippen molar-refractivity contribution in [2.24, 2.45) is 0 Å². The maximum atomic E-state index is 13.3. The molecule has 1 aliphatic heterocycles. The maximum absolute atomic E-state index is 13.3. The molecule has 2 heterocycles. The number of carbonyl (C=O) groups is 3. The fourth-order valence-electron chi connectivity index (χ4n) is 4.23. The molecule has 2 aromatic carbocycles. The average Bonchev–Trinajstić information content (AvgIpc) is 2.88. The summed E-state index contributed by atoms with van der Waals surface area (Å²) >= 11 is 0. The van der Waals surface area contributed by atoms with Gasteiger partial charge in [0.15, 0.2) is 17.2 Å². The lowest BCUT2D eigenvalue weighted by Crippen LogP contribution is -2.53. The largest absolute Gasteiger partial charge is 0.503 e. The first-order chi connectivity index (χ1) is 18.1. The number of nitrogens with zero attached hydrogens (tertiary/aromatic N) is 2. The molecule has 9 nitrogen and oxygen atoms in total. The normalized spacial score (nSPS) is 14.8. The van der Waals surface area contributed by atoms with Crippen LogP contribution in [0.25, 0.3) is 0 Å². The number of amides is 2. The quantitative estimate of drug-likeness (QED) is 0.370. The second-order valence-corrected chi connectivity index (χ2v) is 8.96. The number of halogens is 2. The van der Waals surface area contributed by atoms with Gasteiger partial charge in [-0.1, -0.05) is 24.3 Å². The number of rotatable bonds is 9. The van der Waals surface area contributed by atoms with E-state index in [1.54, 1.807) is 0 Å². The van der Waals surface area contributed by atoms with Crippen molar-refractivity contribution in [3.8, 4) is 5.75 Å². The summed E-state index contributed by atoms with van der Waals surface area (Å²) in [7, 11) is 0. The molecule has 1 aromatic heterocycles. The van der Waals surface area contributed by atoms with Crippen molar-refractivity contribution in [1.29, 1.82) is 0 Å². The van der Waals surface area contributed by atoms with Crippen LogP contribution >= 0.6 is 0 Å². The van der Waals surface area contributed by atoms with E-state index in [4.69, 9.17) is 0 Å². The number of benzene rings is 2. The highest BCUT2D eigenvalue weighted by atomic mass is 19.1. The summed E-state index contributed by atoms with van der Waals surface area (Å²) in [5.74, 6) is -3.24. The number of aromatic hydroxyl groups is 1. The molecule has 0 spiro atoms. The molecular formula is C27H26F2N4O5. The SMILES string of the molecule is CC(=O)NCCC1NN(Cc2ccc(F)cc2)C(=O)c2c(O)c(=O)c(C(=O)CCc3ccc(F)cc3)cn21. The van der Waals surface area contributed by atoms with Crippen molar-refractivity contribution >= 4 is 17.6 Å². The van der Waals surface area contributed by atoms with E-state index >= 15 is 0 Å². The number of hydrogen-bond donors (Lipinski definition) is 3. The van der Waals surface area contributed by atoms with Crippen molar-refractivity contribution in [2.75, 3.05) is 6.54 Å². The molecule has 1 aliphatic rings. The molecule has 0 fully saturated rings. The lowest BCUT2D eigenvalue weighted by Gasteiger charge is -2.37. The molecule has 4 rings (SSSR count). The van der Waals surface area contributed by atoms with E-state index in [0.29, 0.717) is 11.1 Å². The molecule has 0 saturated carbocycles. The van der Waals surface area contributed by atoms with Gasteiger partial charge >= 0.3 is 0 Å². The number of nitrogens with one attached hydrogen (secondary N) is 2. The maximum Gasteiger partial charge on any atom is 0.289 e. The number of hydrazine groups is 1.